The third-order valence-corrected chi connectivity index (χ3v) is 4.64. The summed E-state index contributed by atoms with van der Waals surface area (Å²) in [4.78, 5) is 13.8. The molecule has 5 nitrogen and oxygen atoms in total. The lowest BCUT2D eigenvalue weighted by atomic mass is 9.70. The molecule has 0 bridgehead atoms. The van der Waals surface area contributed by atoms with Crippen LogP contribution in [0.4, 0.5) is 0 Å². The van der Waals surface area contributed by atoms with Gasteiger partial charge in [-0.3, -0.25) is 4.79 Å². The molecule has 1 rings (SSSR count). The van der Waals surface area contributed by atoms with Crippen molar-refractivity contribution in [3.8, 4) is 0 Å². The van der Waals surface area contributed by atoms with Crippen LogP contribution >= 0.6 is 0 Å². The van der Waals surface area contributed by atoms with Crippen molar-refractivity contribution in [1.29, 1.82) is 0 Å². The van der Waals surface area contributed by atoms with Gasteiger partial charge in [0.25, 0.3) is 0 Å². The summed E-state index contributed by atoms with van der Waals surface area (Å²) >= 11 is 0. The number of nitrogens with zero attached hydrogens (tertiary/aromatic N) is 1. The van der Waals surface area contributed by atoms with Crippen LogP contribution in [0.5, 0.6) is 0 Å². The van der Waals surface area contributed by atoms with E-state index < -0.39 is 13.1 Å². The standard InChI is InChI=1S/C14H28BNO4/c1-3-16(4-2)10-12-6-5-11(7-8-15(19)20)9-13(12)14(17)18/h11-13,19-20H,3-10H2,1-2H3,(H,17,18)/t11?,12-,13-/m0/s1. The third-order valence-electron chi connectivity index (χ3n) is 4.64. The van der Waals surface area contributed by atoms with Gasteiger partial charge in [-0.1, -0.05) is 26.7 Å². The fraction of sp³-hybridized carbons (Fsp3) is 0.929. The predicted octanol–water partition coefficient (Wildman–Crippen LogP) is 1.31. The predicted molar refractivity (Wildman–Crippen MR) is 79.4 cm³/mol. The molecule has 1 aliphatic carbocycles. The summed E-state index contributed by atoms with van der Waals surface area (Å²) in [6.45, 7) is 6.99. The van der Waals surface area contributed by atoms with E-state index in [1.807, 2.05) is 0 Å². The van der Waals surface area contributed by atoms with Gasteiger partial charge in [-0.05, 0) is 44.1 Å². The highest BCUT2D eigenvalue weighted by Gasteiger charge is 2.35. The first-order chi connectivity index (χ1) is 9.47. The van der Waals surface area contributed by atoms with Gasteiger partial charge in [-0.15, -0.1) is 0 Å². The number of carboxylic acids is 1. The van der Waals surface area contributed by atoms with Gasteiger partial charge in [0.15, 0.2) is 0 Å². The second-order valence-electron chi connectivity index (χ2n) is 5.93. The Balaban J connectivity index is 2.55. The smallest absolute Gasteiger partial charge is 0.451 e. The lowest BCUT2D eigenvalue weighted by Crippen LogP contribution is -2.39. The van der Waals surface area contributed by atoms with E-state index in [-0.39, 0.29) is 11.8 Å². The number of hydrogen-bond acceptors (Lipinski definition) is 4. The Labute approximate surface area is 122 Å². The molecule has 0 aromatic carbocycles. The zero-order valence-corrected chi connectivity index (χ0v) is 12.7. The van der Waals surface area contributed by atoms with Gasteiger partial charge >= 0.3 is 13.1 Å². The summed E-state index contributed by atoms with van der Waals surface area (Å²) < 4.78 is 0. The van der Waals surface area contributed by atoms with E-state index in [4.69, 9.17) is 10.0 Å². The van der Waals surface area contributed by atoms with Gasteiger partial charge in [0, 0.05) is 6.54 Å². The first-order valence-electron chi connectivity index (χ1n) is 7.79. The molecule has 0 aliphatic heterocycles. The van der Waals surface area contributed by atoms with E-state index in [0.717, 1.165) is 32.5 Å². The quantitative estimate of drug-likeness (QED) is 0.586. The SMILES string of the molecule is CCN(CC)C[C@@H]1CCC(CCB(O)O)C[C@@H]1C(=O)O. The molecule has 20 heavy (non-hydrogen) atoms. The zero-order chi connectivity index (χ0) is 15.1. The third kappa shape index (κ3) is 5.42. The Morgan fingerprint density at radius 3 is 2.40 bits per heavy atom. The van der Waals surface area contributed by atoms with Crippen LogP contribution < -0.4 is 0 Å². The van der Waals surface area contributed by atoms with Crippen molar-refractivity contribution < 1.29 is 19.9 Å². The van der Waals surface area contributed by atoms with E-state index in [1.54, 1.807) is 0 Å². The van der Waals surface area contributed by atoms with E-state index >= 15 is 0 Å². The van der Waals surface area contributed by atoms with Crippen molar-refractivity contribution in [1.82, 2.24) is 4.90 Å². The highest BCUT2D eigenvalue weighted by atomic mass is 16.4. The number of carbonyl (C=O) groups is 1. The Morgan fingerprint density at radius 1 is 1.25 bits per heavy atom. The van der Waals surface area contributed by atoms with Gasteiger partial charge in [0.2, 0.25) is 0 Å². The Kier molecular flexibility index (Phi) is 7.55. The molecule has 0 aromatic heterocycles. The van der Waals surface area contributed by atoms with Crippen LogP contribution in [0.3, 0.4) is 0 Å². The van der Waals surface area contributed by atoms with E-state index in [9.17, 15) is 9.90 Å². The molecule has 3 N–H and O–H groups in total. The first-order valence-corrected chi connectivity index (χ1v) is 7.79. The lowest BCUT2D eigenvalue weighted by Gasteiger charge is -2.36. The van der Waals surface area contributed by atoms with Gasteiger partial charge in [-0.25, -0.2) is 0 Å². The summed E-state index contributed by atoms with van der Waals surface area (Å²) in [6.07, 6.45) is 3.66. The molecular weight excluding hydrogens is 257 g/mol. The van der Waals surface area contributed by atoms with Crippen LogP contribution in [0, 0.1) is 17.8 Å². The maximum Gasteiger partial charge on any atom is 0.451 e. The van der Waals surface area contributed by atoms with Gasteiger partial charge in [-0.2, -0.15) is 0 Å². The van der Waals surface area contributed by atoms with Crippen LogP contribution in [0.25, 0.3) is 0 Å². The number of hydrogen-bond donors (Lipinski definition) is 3. The lowest BCUT2D eigenvalue weighted by molar-refractivity contribution is -0.146. The largest absolute Gasteiger partial charge is 0.481 e. The average molecular weight is 285 g/mol. The minimum atomic E-state index is -1.27. The van der Waals surface area contributed by atoms with Crippen LogP contribution in [0.1, 0.15) is 39.5 Å². The second-order valence-corrected chi connectivity index (χ2v) is 5.93. The van der Waals surface area contributed by atoms with Crippen LogP contribution in [-0.2, 0) is 4.79 Å². The molecule has 1 aliphatic rings. The molecule has 3 atom stereocenters. The number of rotatable bonds is 8. The van der Waals surface area contributed by atoms with Crippen molar-refractivity contribution in [2.45, 2.75) is 45.9 Å². The number of aliphatic carboxylic acids is 1. The number of carboxylic acid groups (broad SMARTS) is 1. The van der Waals surface area contributed by atoms with Gasteiger partial charge < -0.3 is 20.1 Å². The van der Waals surface area contributed by atoms with Crippen LogP contribution in [-0.4, -0.2) is 52.8 Å². The zero-order valence-electron chi connectivity index (χ0n) is 12.7. The van der Waals surface area contributed by atoms with Crippen LogP contribution in [0.15, 0.2) is 0 Å². The molecule has 6 heteroatoms. The molecule has 1 saturated carbocycles. The minimum Gasteiger partial charge on any atom is -0.481 e. The molecule has 116 valence electrons. The monoisotopic (exact) mass is 285 g/mol. The molecule has 0 saturated heterocycles. The normalized spacial score (nSPS) is 26.8. The highest BCUT2D eigenvalue weighted by Crippen LogP contribution is 2.37. The molecule has 1 unspecified atom stereocenters. The van der Waals surface area contributed by atoms with Crippen molar-refractivity contribution in [2.75, 3.05) is 19.6 Å². The van der Waals surface area contributed by atoms with Gasteiger partial charge in [0.05, 0.1) is 5.92 Å². The summed E-state index contributed by atoms with van der Waals surface area (Å²) in [5.41, 5.74) is 0. The van der Waals surface area contributed by atoms with E-state index in [2.05, 4.69) is 18.7 Å². The van der Waals surface area contributed by atoms with Crippen LogP contribution in [0.2, 0.25) is 6.32 Å². The Bertz CT molecular complexity index is 297. The second kappa shape index (κ2) is 8.65. The summed E-state index contributed by atoms with van der Waals surface area (Å²) in [7, 11) is -1.27. The molecule has 1 fully saturated rings. The van der Waals surface area contributed by atoms with Crippen molar-refractivity contribution in [3.05, 3.63) is 0 Å². The fourth-order valence-corrected chi connectivity index (χ4v) is 3.30. The topological polar surface area (TPSA) is 81.0 Å². The summed E-state index contributed by atoms with van der Waals surface area (Å²) in [6, 6.07) is 0. The average Bonchev–Trinajstić information content (AvgIpc) is 2.42. The van der Waals surface area contributed by atoms with Crippen molar-refractivity contribution >= 4 is 13.1 Å². The summed E-state index contributed by atoms with van der Waals surface area (Å²) in [5.74, 6) is -0.449. The van der Waals surface area contributed by atoms with Crippen molar-refractivity contribution in [2.24, 2.45) is 17.8 Å². The van der Waals surface area contributed by atoms with E-state index in [0.29, 0.717) is 25.1 Å². The Morgan fingerprint density at radius 2 is 1.90 bits per heavy atom. The molecular formula is C14H28BNO4. The van der Waals surface area contributed by atoms with Crippen molar-refractivity contribution in [3.63, 3.8) is 0 Å². The molecule has 0 spiro atoms. The maximum atomic E-state index is 11.5. The molecule has 0 radical (unpaired) electrons. The highest BCUT2D eigenvalue weighted by molar-refractivity contribution is 6.40. The molecule has 0 aromatic rings. The van der Waals surface area contributed by atoms with Gasteiger partial charge in [0.1, 0.15) is 0 Å². The summed E-state index contributed by atoms with van der Waals surface area (Å²) in [5, 5.41) is 27.3. The fourth-order valence-electron chi connectivity index (χ4n) is 3.30. The maximum absolute atomic E-state index is 11.5. The molecule has 0 amide bonds. The minimum absolute atomic E-state index is 0.225. The Hall–Kier alpha value is -0.585. The van der Waals surface area contributed by atoms with E-state index in [1.165, 1.54) is 0 Å². The molecule has 0 heterocycles. The first kappa shape index (κ1) is 17.5.